The van der Waals surface area contributed by atoms with Gasteiger partial charge in [-0.3, -0.25) is 4.79 Å². The molecule has 2 aromatic rings. The average Bonchev–Trinajstić information content (AvgIpc) is 3.43. The third-order valence-corrected chi connectivity index (χ3v) is 7.35. The first-order valence-corrected chi connectivity index (χ1v) is 12.1. The summed E-state index contributed by atoms with van der Waals surface area (Å²) < 4.78 is 27.6. The number of allylic oxidation sites excluding steroid dienone is 1. The second-order valence-corrected chi connectivity index (χ2v) is 10.5. The summed E-state index contributed by atoms with van der Waals surface area (Å²) in [6.07, 6.45) is 2.26. The Labute approximate surface area is 197 Å². The normalized spacial score (nSPS) is 19.8. The average molecular weight is 496 g/mol. The Morgan fingerprint density at radius 1 is 1.06 bits per heavy atom. The summed E-state index contributed by atoms with van der Waals surface area (Å²) in [6, 6.07) is 9.50. The summed E-state index contributed by atoms with van der Waals surface area (Å²) in [6.45, 7) is 7.50. The van der Waals surface area contributed by atoms with Gasteiger partial charge in [-0.05, 0) is 60.7 Å². The molecular formula is C22H23Cl2N3O4S. The van der Waals surface area contributed by atoms with E-state index in [4.69, 9.17) is 23.2 Å². The SMILES string of the molecule is C=C[C@@H]1C[C@@]1(C(=O)NS(=O)(=O)c1ccc(NC(=O)Nc2cc(Cl)cc(Cl)c2)cc1)C(C)C. The first kappa shape index (κ1) is 24.1. The molecule has 1 aliphatic carbocycles. The molecule has 0 bridgehead atoms. The Bertz CT molecular complexity index is 1150. The van der Waals surface area contributed by atoms with Crippen molar-refractivity contribution in [3.05, 3.63) is 65.2 Å². The van der Waals surface area contributed by atoms with E-state index in [1.165, 1.54) is 42.5 Å². The lowest BCUT2D eigenvalue weighted by molar-refractivity contribution is -0.126. The van der Waals surface area contributed by atoms with Crippen LogP contribution in [0.2, 0.25) is 10.0 Å². The van der Waals surface area contributed by atoms with Gasteiger partial charge in [0, 0.05) is 21.4 Å². The van der Waals surface area contributed by atoms with E-state index >= 15 is 0 Å². The molecule has 1 fully saturated rings. The molecule has 170 valence electrons. The minimum atomic E-state index is -4.06. The lowest BCUT2D eigenvalue weighted by atomic mass is 9.89. The van der Waals surface area contributed by atoms with Crippen LogP contribution in [0, 0.1) is 17.3 Å². The van der Waals surface area contributed by atoms with Crippen molar-refractivity contribution in [3.8, 4) is 0 Å². The van der Waals surface area contributed by atoms with Gasteiger partial charge in [0.1, 0.15) is 0 Å². The van der Waals surface area contributed by atoms with Crippen molar-refractivity contribution in [3.63, 3.8) is 0 Å². The van der Waals surface area contributed by atoms with Crippen molar-refractivity contribution >= 4 is 56.5 Å². The summed E-state index contributed by atoms with van der Waals surface area (Å²) in [7, 11) is -4.06. The van der Waals surface area contributed by atoms with E-state index in [-0.39, 0.29) is 16.7 Å². The van der Waals surface area contributed by atoms with Gasteiger partial charge >= 0.3 is 6.03 Å². The van der Waals surface area contributed by atoms with Crippen molar-refractivity contribution in [1.82, 2.24) is 4.72 Å². The largest absolute Gasteiger partial charge is 0.323 e. The molecule has 1 aliphatic rings. The molecule has 10 heteroatoms. The summed E-state index contributed by atoms with van der Waals surface area (Å²) in [5.74, 6) is -0.600. The lowest BCUT2D eigenvalue weighted by Crippen LogP contribution is -2.40. The molecule has 0 aromatic heterocycles. The molecule has 3 rings (SSSR count). The van der Waals surface area contributed by atoms with Gasteiger partial charge in [0.05, 0.1) is 10.3 Å². The molecule has 0 spiro atoms. The van der Waals surface area contributed by atoms with E-state index in [0.717, 1.165) is 0 Å². The number of benzene rings is 2. The minimum absolute atomic E-state index is 0.0276. The number of hydrogen-bond acceptors (Lipinski definition) is 4. The maximum Gasteiger partial charge on any atom is 0.323 e. The zero-order chi connectivity index (χ0) is 23.7. The van der Waals surface area contributed by atoms with Gasteiger partial charge in [-0.1, -0.05) is 43.1 Å². The Morgan fingerprint density at radius 2 is 1.62 bits per heavy atom. The second-order valence-electron chi connectivity index (χ2n) is 7.94. The number of hydrogen-bond donors (Lipinski definition) is 3. The van der Waals surface area contributed by atoms with E-state index in [0.29, 0.717) is 27.8 Å². The highest BCUT2D eigenvalue weighted by molar-refractivity contribution is 7.90. The number of urea groups is 1. The number of sulfonamides is 1. The second kappa shape index (κ2) is 9.13. The van der Waals surface area contributed by atoms with Crippen LogP contribution >= 0.6 is 23.2 Å². The summed E-state index contributed by atoms with van der Waals surface area (Å²) in [4.78, 5) is 24.8. The van der Waals surface area contributed by atoms with E-state index in [2.05, 4.69) is 21.9 Å². The third-order valence-electron chi connectivity index (χ3n) is 5.57. The third kappa shape index (κ3) is 5.09. The molecule has 0 saturated heterocycles. The van der Waals surface area contributed by atoms with E-state index < -0.39 is 27.4 Å². The predicted molar refractivity (Wildman–Crippen MR) is 126 cm³/mol. The molecule has 0 unspecified atom stereocenters. The van der Waals surface area contributed by atoms with Gasteiger partial charge in [0.15, 0.2) is 0 Å². The van der Waals surface area contributed by atoms with Gasteiger partial charge in [-0.2, -0.15) is 0 Å². The van der Waals surface area contributed by atoms with Gasteiger partial charge in [0.25, 0.3) is 10.0 Å². The number of carbonyl (C=O) groups excluding carboxylic acids is 2. The molecule has 0 aliphatic heterocycles. The Balaban J connectivity index is 1.66. The quantitative estimate of drug-likeness (QED) is 0.453. The fraction of sp³-hybridized carbons (Fsp3) is 0.273. The van der Waals surface area contributed by atoms with Crippen molar-refractivity contribution < 1.29 is 18.0 Å². The number of rotatable bonds is 7. The van der Waals surface area contributed by atoms with E-state index in [1.54, 1.807) is 6.08 Å². The monoisotopic (exact) mass is 495 g/mol. The highest BCUT2D eigenvalue weighted by Gasteiger charge is 2.60. The van der Waals surface area contributed by atoms with Crippen LogP contribution in [0.15, 0.2) is 60.0 Å². The van der Waals surface area contributed by atoms with Crippen LogP contribution in [0.1, 0.15) is 20.3 Å². The molecule has 1 saturated carbocycles. The van der Waals surface area contributed by atoms with Gasteiger partial charge in [0.2, 0.25) is 5.91 Å². The van der Waals surface area contributed by atoms with Crippen molar-refractivity contribution in [2.45, 2.75) is 25.2 Å². The van der Waals surface area contributed by atoms with Crippen molar-refractivity contribution in [1.29, 1.82) is 0 Å². The van der Waals surface area contributed by atoms with Crippen LogP contribution in [0.4, 0.5) is 16.2 Å². The minimum Gasteiger partial charge on any atom is -0.308 e. The molecule has 3 N–H and O–H groups in total. The Hall–Kier alpha value is -2.55. The molecule has 32 heavy (non-hydrogen) atoms. The van der Waals surface area contributed by atoms with Gasteiger partial charge < -0.3 is 10.6 Å². The Kier molecular flexibility index (Phi) is 6.88. The maximum atomic E-state index is 12.7. The first-order chi connectivity index (χ1) is 15.0. The van der Waals surface area contributed by atoms with Crippen molar-refractivity contribution in [2.24, 2.45) is 17.3 Å². The highest BCUT2D eigenvalue weighted by Crippen LogP contribution is 2.58. The van der Waals surface area contributed by atoms with E-state index in [9.17, 15) is 18.0 Å². The molecular weight excluding hydrogens is 473 g/mol. The first-order valence-electron chi connectivity index (χ1n) is 9.82. The molecule has 0 radical (unpaired) electrons. The van der Waals surface area contributed by atoms with Crippen LogP contribution < -0.4 is 15.4 Å². The Morgan fingerprint density at radius 3 is 2.12 bits per heavy atom. The summed E-state index contributed by atoms with van der Waals surface area (Å²) in [5, 5.41) is 5.91. The van der Waals surface area contributed by atoms with E-state index in [1.807, 2.05) is 13.8 Å². The summed E-state index contributed by atoms with van der Waals surface area (Å²) >= 11 is 11.8. The number of amides is 3. The van der Waals surface area contributed by atoms with Crippen LogP contribution in [-0.2, 0) is 14.8 Å². The van der Waals surface area contributed by atoms with Crippen LogP contribution in [0.3, 0.4) is 0 Å². The van der Waals surface area contributed by atoms with Gasteiger partial charge in [-0.25, -0.2) is 17.9 Å². The smallest absolute Gasteiger partial charge is 0.308 e. The van der Waals surface area contributed by atoms with Crippen LogP contribution in [0.25, 0.3) is 0 Å². The number of anilines is 2. The maximum absolute atomic E-state index is 12.7. The molecule has 7 nitrogen and oxygen atoms in total. The molecule has 2 aromatic carbocycles. The predicted octanol–water partition coefficient (Wildman–Crippen LogP) is 5.29. The number of nitrogens with one attached hydrogen (secondary N) is 3. The molecule has 0 heterocycles. The number of carbonyl (C=O) groups is 2. The van der Waals surface area contributed by atoms with Crippen LogP contribution in [0.5, 0.6) is 0 Å². The van der Waals surface area contributed by atoms with Gasteiger partial charge in [-0.15, -0.1) is 6.58 Å². The standard InChI is InChI=1S/C22H23Cl2N3O4S/c1-4-14-12-22(14,13(2)3)20(28)27-32(30,31)19-7-5-17(6-8-19)25-21(29)26-18-10-15(23)9-16(24)11-18/h4-11,13-14H,1,12H2,2-3H3,(H,27,28)(H2,25,26,29)/t14-,22-/m1/s1. The zero-order valence-corrected chi connectivity index (χ0v) is 19.8. The fourth-order valence-electron chi connectivity index (χ4n) is 3.70. The fourth-order valence-corrected chi connectivity index (χ4v) is 5.27. The van der Waals surface area contributed by atoms with Crippen LogP contribution in [-0.4, -0.2) is 20.4 Å². The van der Waals surface area contributed by atoms with Crippen molar-refractivity contribution in [2.75, 3.05) is 10.6 Å². The topological polar surface area (TPSA) is 104 Å². The zero-order valence-electron chi connectivity index (χ0n) is 17.5. The molecule has 3 amide bonds. The molecule has 2 atom stereocenters. The summed E-state index contributed by atoms with van der Waals surface area (Å²) in [5.41, 5.74) is 0.00447. The number of halogens is 2. The highest BCUT2D eigenvalue weighted by atomic mass is 35.5. The lowest BCUT2D eigenvalue weighted by Gasteiger charge is -2.20.